The fourth-order valence-corrected chi connectivity index (χ4v) is 3.05. The number of hydrogen-bond donors (Lipinski definition) is 2. The molecule has 0 atom stereocenters. The summed E-state index contributed by atoms with van der Waals surface area (Å²) >= 11 is 0. The Kier molecular flexibility index (Phi) is 5.76. The largest absolute Gasteiger partial charge is 0.379 e. The number of hydrogen-bond acceptors (Lipinski definition) is 6. The van der Waals surface area contributed by atoms with E-state index in [0.717, 1.165) is 38.7 Å². The van der Waals surface area contributed by atoms with Crippen LogP contribution in [0.3, 0.4) is 0 Å². The van der Waals surface area contributed by atoms with Crippen LogP contribution in [0, 0.1) is 0 Å². The van der Waals surface area contributed by atoms with Crippen LogP contribution in [0.1, 0.15) is 36.2 Å². The molecule has 1 saturated carbocycles. The molecule has 1 amide bonds. The van der Waals surface area contributed by atoms with Crippen molar-refractivity contribution in [3.8, 4) is 0 Å². The molecule has 2 aliphatic rings. The normalized spacial score (nSPS) is 19.7. The standard InChI is InChI=1S/C16H25N5O2/c22-16(17-7-8-21-9-11-23-12-10-21)14-5-6-15(20-19-14)18-13-3-1-2-4-13/h5-6,13H,1-4,7-12H2,(H,17,22)(H,18,20). The van der Waals surface area contributed by atoms with E-state index in [1.807, 2.05) is 6.07 Å². The van der Waals surface area contributed by atoms with Gasteiger partial charge in [-0.1, -0.05) is 12.8 Å². The van der Waals surface area contributed by atoms with E-state index in [9.17, 15) is 4.79 Å². The molecule has 7 nitrogen and oxygen atoms in total. The van der Waals surface area contributed by atoms with Crippen molar-refractivity contribution in [2.45, 2.75) is 31.7 Å². The summed E-state index contributed by atoms with van der Waals surface area (Å²) in [6, 6.07) is 4.06. The van der Waals surface area contributed by atoms with E-state index in [-0.39, 0.29) is 5.91 Å². The minimum absolute atomic E-state index is 0.168. The number of amides is 1. The van der Waals surface area contributed by atoms with Gasteiger partial charge >= 0.3 is 0 Å². The molecule has 0 spiro atoms. The maximum Gasteiger partial charge on any atom is 0.271 e. The Bertz CT molecular complexity index is 496. The second-order valence-corrected chi connectivity index (χ2v) is 6.14. The van der Waals surface area contributed by atoms with Crippen molar-refractivity contribution in [3.63, 3.8) is 0 Å². The van der Waals surface area contributed by atoms with Crippen LogP contribution in [-0.4, -0.2) is 66.4 Å². The number of ether oxygens (including phenoxy) is 1. The molecule has 1 aliphatic carbocycles. The number of rotatable bonds is 6. The lowest BCUT2D eigenvalue weighted by atomic mass is 10.2. The number of morpholine rings is 1. The summed E-state index contributed by atoms with van der Waals surface area (Å²) in [5, 5.41) is 14.4. The van der Waals surface area contributed by atoms with Gasteiger partial charge in [0, 0.05) is 32.2 Å². The fourth-order valence-electron chi connectivity index (χ4n) is 3.05. The lowest BCUT2D eigenvalue weighted by Crippen LogP contribution is -2.41. The third-order valence-corrected chi connectivity index (χ3v) is 4.42. The lowest BCUT2D eigenvalue weighted by molar-refractivity contribution is 0.0383. The fraction of sp³-hybridized carbons (Fsp3) is 0.688. The molecule has 3 rings (SSSR count). The third-order valence-electron chi connectivity index (χ3n) is 4.42. The summed E-state index contributed by atoms with van der Waals surface area (Å²) in [6.45, 7) is 4.85. The number of carbonyl (C=O) groups excluding carboxylic acids is 1. The lowest BCUT2D eigenvalue weighted by Gasteiger charge is -2.26. The minimum atomic E-state index is -0.168. The quantitative estimate of drug-likeness (QED) is 0.811. The summed E-state index contributed by atoms with van der Waals surface area (Å²) in [7, 11) is 0. The van der Waals surface area contributed by atoms with Crippen molar-refractivity contribution >= 4 is 11.7 Å². The summed E-state index contributed by atoms with van der Waals surface area (Å²) < 4.78 is 5.30. The first-order chi connectivity index (χ1) is 11.3. The van der Waals surface area contributed by atoms with Gasteiger partial charge in [-0.3, -0.25) is 9.69 Å². The van der Waals surface area contributed by atoms with Gasteiger partial charge < -0.3 is 15.4 Å². The van der Waals surface area contributed by atoms with Gasteiger partial charge in [0.25, 0.3) is 5.91 Å². The van der Waals surface area contributed by atoms with Crippen LogP contribution in [0.5, 0.6) is 0 Å². The highest BCUT2D eigenvalue weighted by Gasteiger charge is 2.16. The summed E-state index contributed by atoms with van der Waals surface area (Å²) in [4.78, 5) is 14.3. The Morgan fingerprint density at radius 1 is 1.22 bits per heavy atom. The van der Waals surface area contributed by atoms with Gasteiger partial charge in [0.1, 0.15) is 5.82 Å². The number of anilines is 1. The summed E-state index contributed by atoms with van der Waals surface area (Å²) in [5.41, 5.74) is 0.365. The van der Waals surface area contributed by atoms with E-state index < -0.39 is 0 Å². The first-order valence-electron chi connectivity index (χ1n) is 8.50. The average molecular weight is 319 g/mol. The molecule has 126 valence electrons. The number of aromatic nitrogens is 2. The number of carbonyl (C=O) groups is 1. The van der Waals surface area contributed by atoms with Crippen LogP contribution in [0.15, 0.2) is 12.1 Å². The Morgan fingerprint density at radius 3 is 2.70 bits per heavy atom. The predicted molar refractivity (Wildman–Crippen MR) is 87.5 cm³/mol. The molecule has 0 aromatic carbocycles. The smallest absolute Gasteiger partial charge is 0.271 e. The van der Waals surface area contributed by atoms with Crippen LogP contribution in [0.2, 0.25) is 0 Å². The minimum Gasteiger partial charge on any atom is -0.379 e. The Labute approximate surface area is 136 Å². The average Bonchev–Trinajstić information content (AvgIpc) is 3.09. The van der Waals surface area contributed by atoms with E-state index in [0.29, 0.717) is 18.3 Å². The molecule has 0 bridgehead atoms. The molecular weight excluding hydrogens is 294 g/mol. The van der Waals surface area contributed by atoms with Gasteiger partial charge in [-0.05, 0) is 25.0 Å². The predicted octanol–water partition coefficient (Wildman–Crippen LogP) is 0.893. The molecule has 23 heavy (non-hydrogen) atoms. The Balaban J connectivity index is 1.41. The topological polar surface area (TPSA) is 79.4 Å². The molecule has 2 fully saturated rings. The zero-order valence-corrected chi connectivity index (χ0v) is 13.5. The molecule has 2 heterocycles. The van der Waals surface area contributed by atoms with E-state index in [4.69, 9.17) is 4.74 Å². The Morgan fingerprint density at radius 2 is 2.00 bits per heavy atom. The first-order valence-corrected chi connectivity index (χ1v) is 8.50. The summed E-state index contributed by atoms with van der Waals surface area (Å²) in [6.07, 6.45) is 4.92. The van der Waals surface area contributed by atoms with Crippen molar-refractivity contribution in [2.24, 2.45) is 0 Å². The van der Waals surface area contributed by atoms with Crippen LogP contribution in [0.25, 0.3) is 0 Å². The zero-order chi connectivity index (χ0) is 15.9. The highest BCUT2D eigenvalue weighted by molar-refractivity contribution is 5.92. The molecule has 2 N–H and O–H groups in total. The van der Waals surface area contributed by atoms with E-state index in [1.54, 1.807) is 6.07 Å². The maximum atomic E-state index is 12.1. The van der Waals surface area contributed by atoms with Crippen molar-refractivity contribution < 1.29 is 9.53 Å². The van der Waals surface area contributed by atoms with Gasteiger partial charge in [-0.2, -0.15) is 0 Å². The molecular formula is C16H25N5O2. The van der Waals surface area contributed by atoms with Gasteiger partial charge in [-0.15, -0.1) is 10.2 Å². The summed E-state index contributed by atoms with van der Waals surface area (Å²) in [5.74, 6) is 0.583. The van der Waals surface area contributed by atoms with Gasteiger partial charge in [0.05, 0.1) is 13.2 Å². The van der Waals surface area contributed by atoms with E-state index in [1.165, 1.54) is 25.7 Å². The van der Waals surface area contributed by atoms with Crippen LogP contribution in [0.4, 0.5) is 5.82 Å². The van der Waals surface area contributed by atoms with E-state index >= 15 is 0 Å². The second kappa shape index (κ2) is 8.21. The van der Waals surface area contributed by atoms with Crippen molar-refractivity contribution in [2.75, 3.05) is 44.7 Å². The number of nitrogens with zero attached hydrogens (tertiary/aromatic N) is 3. The first kappa shape index (κ1) is 16.1. The molecule has 0 radical (unpaired) electrons. The van der Waals surface area contributed by atoms with Crippen molar-refractivity contribution in [3.05, 3.63) is 17.8 Å². The zero-order valence-electron chi connectivity index (χ0n) is 13.5. The van der Waals surface area contributed by atoms with Crippen LogP contribution < -0.4 is 10.6 Å². The second-order valence-electron chi connectivity index (χ2n) is 6.14. The Hall–Kier alpha value is -1.73. The molecule has 0 unspecified atom stereocenters. The van der Waals surface area contributed by atoms with Crippen LogP contribution in [-0.2, 0) is 4.74 Å². The molecule has 1 aromatic rings. The highest BCUT2D eigenvalue weighted by Crippen LogP contribution is 2.20. The monoisotopic (exact) mass is 319 g/mol. The van der Waals surface area contributed by atoms with E-state index in [2.05, 4.69) is 25.7 Å². The molecule has 7 heteroatoms. The van der Waals surface area contributed by atoms with Gasteiger partial charge in [0.2, 0.25) is 0 Å². The molecule has 1 aromatic heterocycles. The SMILES string of the molecule is O=C(NCCN1CCOCC1)c1ccc(NC2CCCC2)nn1. The van der Waals surface area contributed by atoms with Crippen molar-refractivity contribution in [1.82, 2.24) is 20.4 Å². The number of nitrogens with one attached hydrogen (secondary N) is 2. The molecule has 1 saturated heterocycles. The molecule has 1 aliphatic heterocycles. The van der Waals surface area contributed by atoms with Crippen LogP contribution >= 0.6 is 0 Å². The maximum absolute atomic E-state index is 12.1. The van der Waals surface area contributed by atoms with Gasteiger partial charge in [0.15, 0.2) is 5.69 Å². The van der Waals surface area contributed by atoms with Gasteiger partial charge in [-0.25, -0.2) is 0 Å². The van der Waals surface area contributed by atoms with Crippen molar-refractivity contribution in [1.29, 1.82) is 0 Å². The highest BCUT2D eigenvalue weighted by atomic mass is 16.5. The third kappa shape index (κ3) is 4.87.